The molecule has 1 rings (SSSR count). The van der Waals surface area contributed by atoms with Gasteiger partial charge in [0.2, 0.25) is 0 Å². The topological polar surface area (TPSA) is 34.1 Å². The van der Waals surface area contributed by atoms with Crippen molar-refractivity contribution in [3.8, 4) is 0 Å². The third-order valence-corrected chi connectivity index (χ3v) is 2.54. The average Bonchev–Trinajstić information content (AvgIpc) is 1.97. The van der Waals surface area contributed by atoms with E-state index in [1.165, 1.54) is 0 Å². The molecule has 0 aromatic rings. The summed E-state index contributed by atoms with van der Waals surface area (Å²) in [5.74, 6) is 0.219. The Labute approximate surface area is 72.7 Å². The quantitative estimate of drug-likeness (QED) is 0.550. The van der Waals surface area contributed by atoms with E-state index in [4.69, 9.17) is 0 Å². The number of carbonyl (C=O) groups excluding carboxylic acids is 2. The summed E-state index contributed by atoms with van der Waals surface area (Å²) in [6, 6.07) is 0. The summed E-state index contributed by atoms with van der Waals surface area (Å²) in [6.07, 6.45) is 0.356. The minimum absolute atomic E-state index is 0.108. The first-order valence-corrected chi connectivity index (χ1v) is 4.12. The molecule has 0 saturated heterocycles. The van der Waals surface area contributed by atoms with E-state index in [0.29, 0.717) is 17.6 Å². The fourth-order valence-corrected chi connectivity index (χ4v) is 1.50. The fourth-order valence-electron chi connectivity index (χ4n) is 1.50. The lowest BCUT2D eigenvalue weighted by Crippen LogP contribution is -2.33. The van der Waals surface area contributed by atoms with Crippen LogP contribution < -0.4 is 0 Å². The Kier molecular flexibility index (Phi) is 1.94. The van der Waals surface area contributed by atoms with Crippen LogP contribution in [0, 0.1) is 5.41 Å². The number of hydrogen-bond donors (Lipinski definition) is 0. The van der Waals surface area contributed by atoms with Crippen LogP contribution in [0.1, 0.15) is 34.1 Å². The molecular weight excluding hydrogens is 152 g/mol. The van der Waals surface area contributed by atoms with Gasteiger partial charge in [-0.2, -0.15) is 0 Å². The summed E-state index contributed by atoms with van der Waals surface area (Å²) in [5.41, 5.74) is 0.788. The molecule has 2 nitrogen and oxygen atoms in total. The molecule has 0 bridgehead atoms. The molecule has 66 valence electrons. The summed E-state index contributed by atoms with van der Waals surface area (Å²) in [6.45, 7) is 7.10. The predicted molar refractivity (Wildman–Crippen MR) is 46.8 cm³/mol. The monoisotopic (exact) mass is 166 g/mol. The second kappa shape index (κ2) is 2.54. The van der Waals surface area contributed by atoms with E-state index in [9.17, 15) is 9.59 Å². The minimum atomic E-state index is -0.485. The van der Waals surface area contributed by atoms with E-state index in [0.717, 1.165) is 0 Å². The number of hydrogen-bond acceptors (Lipinski definition) is 2. The molecule has 0 aromatic heterocycles. The lowest BCUT2D eigenvalue weighted by atomic mass is 9.73. The molecule has 0 aliphatic heterocycles. The number of carbonyl (C=O) groups is 2. The summed E-state index contributed by atoms with van der Waals surface area (Å²) < 4.78 is 0. The zero-order valence-corrected chi connectivity index (χ0v) is 8.02. The molecule has 0 aromatic carbocycles. The van der Waals surface area contributed by atoms with E-state index in [1.807, 2.05) is 13.8 Å². The smallest absolute Gasteiger partial charge is 0.164 e. The zero-order valence-electron chi connectivity index (χ0n) is 8.02. The van der Waals surface area contributed by atoms with Gasteiger partial charge in [-0.05, 0) is 25.0 Å². The first kappa shape index (κ1) is 9.17. The highest BCUT2D eigenvalue weighted by Crippen LogP contribution is 2.32. The van der Waals surface area contributed by atoms with Gasteiger partial charge in [-0.15, -0.1) is 0 Å². The van der Waals surface area contributed by atoms with Crippen LogP contribution in [-0.4, -0.2) is 11.6 Å². The van der Waals surface area contributed by atoms with Crippen LogP contribution in [0.2, 0.25) is 0 Å². The Morgan fingerprint density at radius 1 is 1.08 bits per heavy atom. The first-order valence-electron chi connectivity index (χ1n) is 4.12. The number of ketones is 2. The van der Waals surface area contributed by atoms with E-state index < -0.39 is 5.41 Å². The van der Waals surface area contributed by atoms with Gasteiger partial charge in [0, 0.05) is 11.8 Å². The van der Waals surface area contributed by atoms with Gasteiger partial charge in [0.15, 0.2) is 11.6 Å². The first-order chi connectivity index (χ1) is 5.36. The molecular formula is C10H14O2. The zero-order chi connectivity index (χ0) is 9.52. The molecule has 1 aliphatic carbocycles. The third-order valence-electron chi connectivity index (χ3n) is 2.54. The van der Waals surface area contributed by atoms with E-state index >= 15 is 0 Å². The van der Waals surface area contributed by atoms with E-state index in [2.05, 4.69) is 0 Å². The second-order valence-electron chi connectivity index (χ2n) is 4.06. The van der Waals surface area contributed by atoms with Crippen molar-refractivity contribution in [3.63, 3.8) is 0 Å². The molecule has 0 amide bonds. The lowest BCUT2D eigenvalue weighted by molar-refractivity contribution is -0.130. The predicted octanol–water partition coefficient (Wildman–Crippen LogP) is 1.89. The van der Waals surface area contributed by atoms with Crippen LogP contribution in [0.3, 0.4) is 0 Å². The van der Waals surface area contributed by atoms with Gasteiger partial charge >= 0.3 is 0 Å². The van der Waals surface area contributed by atoms with Gasteiger partial charge < -0.3 is 0 Å². The maximum absolute atomic E-state index is 11.6. The van der Waals surface area contributed by atoms with E-state index in [-0.39, 0.29) is 11.6 Å². The van der Waals surface area contributed by atoms with Crippen LogP contribution in [0.4, 0.5) is 0 Å². The van der Waals surface area contributed by atoms with Gasteiger partial charge in [-0.3, -0.25) is 9.59 Å². The third kappa shape index (κ3) is 1.22. The van der Waals surface area contributed by atoms with Crippen molar-refractivity contribution in [1.29, 1.82) is 0 Å². The Bertz CT molecular complexity index is 282. The molecule has 0 saturated carbocycles. The maximum Gasteiger partial charge on any atom is 0.164 e. The highest BCUT2D eigenvalue weighted by molar-refractivity contribution is 6.13. The van der Waals surface area contributed by atoms with Gasteiger partial charge in [0.25, 0.3) is 0 Å². The molecule has 0 radical (unpaired) electrons. The summed E-state index contributed by atoms with van der Waals surface area (Å²) in [7, 11) is 0. The van der Waals surface area contributed by atoms with Crippen molar-refractivity contribution in [3.05, 3.63) is 11.1 Å². The van der Waals surface area contributed by atoms with Crippen molar-refractivity contribution in [1.82, 2.24) is 0 Å². The fraction of sp³-hybridized carbons (Fsp3) is 0.600. The molecule has 0 atom stereocenters. The van der Waals surface area contributed by atoms with Crippen molar-refractivity contribution in [2.75, 3.05) is 0 Å². The van der Waals surface area contributed by atoms with Gasteiger partial charge in [-0.25, -0.2) is 0 Å². The average molecular weight is 166 g/mol. The highest BCUT2D eigenvalue weighted by atomic mass is 16.1. The Balaban J connectivity index is 3.19. The SMILES string of the molecule is CC1=C(C)C(=O)C(C)(C)CC1=O. The van der Waals surface area contributed by atoms with Gasteiger partial charge in [0.1, 0.15) is 0 Å². The molecule has 0 fully saturated rings. The van der Waals surface area contributed by atoms with Crippen LogP contribution in [0.15, 0.2) is 11.1 Å². The maximum atomic E-state index is 11.6. The molecule has 0 N–H and O–H groups in total. The number of rotatable bonds is 0. The van der Waals surface area contributed by atoms with Crippen LogP contribution in [0.25, 0.3) is 0 Å². The van der Waals surface area contributed by atoms with Crippen LogP contribution in [0.5, 0.6) is 0 Å². The van der Waals surface area contributed by atoms with E-state index in [1.54, 1.807) is 13.8 Å². The van der Waals surface area contributed by atoms with Crippen molar-refractivity contribution >= 4 is 11.6 Å². The molecule has 1 aliphatic rings. The molecule has 0 unspecified atom stereocenters. The van der Waals surface area contributed by atoms with Crippen LogP contribution >= 0.6 is 0 Å². The van der Waals surface area contributed by atoms with Crippen molar-refractivity contribution in [2.24, 2.45) is 5.41 Å². The number of allylic oxidation sites excluding steroid dienone is 2. The van der Waals surface area contributed by atoms with Crippen LogP contribution in [-0.2, 0) is 9.59 Å². The normalized spacial score (nSPS) is 23.3. The molecule has 2 heteroatoms. The highest BCUT2D eigenvalue weighted by Gasteiger charge is 2.36. The number of Topliss-reactive ketones (excluding diaryl/α,β-unsaturated/α-hetero) is 2. The van der Waals surface area contributed by atoms with Crippen molar-refractivity contribution < 1.29 is 9.59 Å². The molecule has 0 spiro atoms. The summed E-state index contributed by atoms with van der Waals surface area (Å²) >= 11 is 0. The van der Waals surface area contributed by atoms with Crippen molar-refractivity contribution in [2.45, 2.75) is 34.1 Å². The Morgan fingerprint density at radius 2 is 1.58 bits per heavy atom. The molecule has 0 heterocycles. The summed E-state index contributed by atoms with van der Waals surface area (Å²) in [5, 5.41) is 0. The second-order valence-corrected chi connectivity index (χ2v) is 4.06. The Morgan fingerprint density at radius 3 is 2.08 bits per heavy atom. The molecule has 12 heavy (non-hydrogen) atoms. The van der Waals surface area contributed by atoms with Gasteiger partial charge in [0.05, 0.1) is 0 Å². The minimum Gasteiger partial charge on any atom is -0.295 e. The largest absolute Gasteiger partial charge is 0.295 e. The lowest BCUT2D eigenvalue weighted by Gasteiger charge is -2.28. The Hall–Kier alpha value is -0.920. The van der Waals surface area contributed by atoms with Gasteiger partial charge in [-0.1, -0.05) is 13.8 Å². The standard InChI is InChI=1S/C10H14O2/c1-6-7(2)9(12)10(3,4)5-8(6)11/h5H2,1-4H3. The summed E-state index contributed by atoms with van der Waals surface area (Å²) in [4.78, 5) is 22.9.